The lowest BCUT2D eigenvalue weighted by Gasteiger charge is -2.42. The maximum Gasteiger partial charge on any atom is 0.253 e. The molecule has 1 saturated carbocycles. The largest absolute Gasteiger partial charge is 0.467 e. The Hall–Kier alpha value is -2.31. The highest BCUT2D eigenvalue weighted by atomic mass is 35.5. The Morgan fingerprint density at radius 2 is 1.87 bits per heavy atom. The van der Waals surface area contributed by atoms with Crippen molar-refractivity contribution in [1.29, 1.82) is 0 Å². The third-order valence-electron chi connectivity index (χ3n) is 6.52. The summed E-state index contributed by atoms with van der Waals surface area (Å²) < 4.78 is 5.43. The maximum absolute atomic E-state index is 13.5. The van der Waals surface area contributed by atoms with Crippen LogP contribution in [-0.2, 0) is 11.3 Å². The number of benzene rings is 1. The average Bonchev–Trinajstić information content (AvgIpc) is 3.48. The van der Waals surface area contributed by atoms with Gasteiger partial charge in [-0.05, 0) is 49.1 Å². The number of hydrogen-bond acceptors (Lipinski definition) is 4. The van der Waals surface area contributed by atoms with E-state index in [9.17, 15) is 9.59 Å². The van der Waals surface area contributed by atoms with Crippen LogP contribution < -0.4 is 0 Å². The Bertz CT molecular complexity index is 887. The van der Waals surface area contributed by atoms with Gasteiger partial charge in [0.1, 0.15) is 5.76 Å². The Kier molecular flexibility index (Phi) is 6.98. The minimum atomic E-state index is -0.133. The number of carbonyl (C=O) groups is 2. The van der Waals surface area contributed by atoms with E-state index in [1.54, 1.807) is 35.4 Å². The first-order chi connectivity index (χ1) is 15.0. The molecule has 4 rings (SSSR count). The zero-order valence-corrected chi connectivity index (χ0v) is 18.8. The molecule has 166 valence electrons. The second kappa shape index (κ2) is 9.88. The highest BCUT2D eigenvalue weighted by Crippen LogP contribution is 2.32. The van der Waals surface area contributed by atoms with Crippen molar-refractivity contribution in [2.24, 2.45) is 5.92 Å². The van der Waals surface area contributed by atoms with E-state index >= 15 is 0 Å². The standard InChI is InChI=1S/C24H30ClN3O3/c1-26(17-21-10-5-15-31-21)24(30)22(18-6-2-3-7-18)27-11-13-28(14-12-27)23(29)19-8-4-9-20(25)16-19/h4-5,8-10,15-16,18,22H,2-3,6-7,11-14,17H2,1H3. The van der Waals surface area contributed by atoms with Gasteiger partial charge in [-0.2, -0.15) is 0 Å². The number of furan rings is 1. The number of likely N-dealkylation sites (N-methyl/N-ethyl adjacent to an activating group) is 1. The van der Waals surface area contributed by atoms with Crippen LogP contribution in [-0.4, -0.2) is 65.8 Å². The summed E-state index contributed by atoms with van der Waals surface area (Å²) in [5, 5.41) is 0.566. The van der Waals surface area contributed by atoms with Crippen molar-refractivity contribution < 1.29 is 14.0 Å². The minimum absolute atomic E-state index is 0.000769. The predicted molar refractivity (Wildman–Crippen MR) is 120 cm³/mol. The molecule has 31 heavy (non-hydrogen) atoms. The van der Waals surface area contributed by atoms with E-state index in [-0.39, 0.29) is 17.9 Å². The van der Waals surface area contributed by atoms with Crippen molar-refractivity contribution in [1.82, 2.24) is 14.7 Å². The molecule has 1 aromatic heterocycles. The van der Waals surface area contributed by atoms with Crippen LogP contribution in [0, 0.1) is 5.92 Å². The first kappa shape index (κ1) is 21.9. The minimum Gasteiger partial charge on any atom is -0.467 e. The lowest BCUT2D eigenvalue weighted by atomic mass is 9.94. The lowest BCUT2D eigenvalue weighted by Crippen LogP contribution is -2.58. The summed E-state index contributed by atoms with van der Waals surface area (Å²) in [6.07, 6.45) is 6.19. The molecular formula is C24H30ClN3O3. The summed E-state index contributed by atoms with van der Waals surface area (Å²) in [6.45, 7) is 3.11. The van der Waals surface area contributed by atoms with E-state index in [2.05, 4.69) is 4.90 Å². The molecule has 0 N–H and O–H groups in total. The second-order valence-corrected chi connectivity index (χ2v) is 9.04. The molecule has 1 atom stereocenters. The summed E-state index contributed by atoms with van der Waals surface area (Å²) in [4.78, 5) is 32.3. The fourth-order valence-corrected chi connectivity index (χ4v) is 5.07. The molecule has 1 unspecified atom stereocenters. The number of amides is 2. The van der Waals surface area contributed by atoms with Gasteiger partial charge in [0.15, 0.2) is 0 Å². The highest BCUT2D eigenvalue weighted by Gasteiger charge is 2.38. The fourth-order valence-electron chi connectivity index (χ4n) is 4.88. The Morgan fingerprint density at radius 1 is 1.13 bits per heavy atom. The molecule has 0 bridgehead atoms. The van der Waals surface area contributed by atoms with Crippen LogP contribution in [0.1, 0.15) is 41.8 Å². The summed E-state index contributed by atoms with van der Waals surface area (Å²) in [5.41, 5.74) is 0.613. The topological polar surface area (TPSA) is 57.0 Å². The fraction of sp³-hybridized carbons (Fsp3) is 0.500. The monoisotopic (exact) mass is 443 g/mol. The van der Waals surface area contributed by atoms with Gasteiger partial charge in [0.05, 0.1) is 18.8 Å². The van der Waals surface area contributed by atoms with Crippen molar-refractivity contribution in [3.63, 3.8) is 0 Å². The van der Waals surface area contributed by atoms with Crippen molar-refractivity contribution in [3.05, 3.63) is 59.0 Å². The molecule has 0 spiro atoms. The molecule has 2 amide bonds. The van der Waals surface area contributed by atoms with Crippen LogP contribution in [0.15, 0.2) is 47.1 Å². The van der Waals surface area contributed by atoms with Crippen LogP contribution in [0.2, 0.25) is 5.02 Å². The first-order valence-corrected chi connectivity index (χ1v) is 11.5. The molecule has 2 aliphatic rings. The predicted octanol–water partition coefficient (Wildman–Crippen LogP) is 3.91. The van der Waals surface area contributed by atoms with Gasteiger partial charge in [-0.15, -0.1) is 0 Å². The van der Waals surface area contributed by atoms with Crippen molar-refractivity contribution >= 4 is 23.4 Å². The van der Waals surface area contributed by atoms with Gasteiger partial charge in [0.25, 0.3) is 5.91 Å². The van der Waals surface area contributed by atoms with E-state index in [4.69, 9.17) is 16.0 Å². The Morgan fingerprint density at radius 3 is 2.52 bits per heavy atom. The van der Waals surface area contributed by atoms with E-state index in [1.165, 1.54) is 12.8 Å². The van der Waals surface area contributed by atoms with Crippen molar-refractivity contribution in [2.45, 2.75) is 38.3 Å². The highest BCUT2D eigenvalue weighted by molar-refractivity contribution is 6.30. The van der Waals surface area contributed by atoms with Gasteiger partial charge in [0.2, 0.25) is 5.91 Å². The number of halogens is 1. The molecule has 1 aliphatic heterocycles. The maximum atomic E-state index is 13.5. The summed E-state index contributed by atoms with van der Waals surface area (Å²) in [5.74, 6) is 1.32. The van der Waals surface area contributed by atoms with E-state index < -0.39 is 0 Å². The van der Waals surface area contributed by atoms with Gasteiger partial charge >= 0.3 is 0 Å². The van der Waals surface area contributed by atoms with Gasteiger partial charge in [-0.3, -0.25) is 14.5 Å². The van der Waals surface area contributed by atoms with Crippen LogP contribution >= 0.6 is 11.6 Å². The number of carbonyl (C=O) groups excluding carboxylic acids is 2. The first-order valence-electron chi connectivity index (χ1n) is 11.1. The van der Waals surface area contributed by atoms with E-state index in [1.807, 2.05) is 24.1 Å². The number of hydrogen-bond donors (Lipinski definition) is 0. The summed E-state index contributed by atoms with van der Waals surface area (Å²) in [6, 6.07) is 10.7. The summed E-state index contributed by atoms with van der Waals surface area (Å²) in [7, 11) is 1.85. The van der Waals surface area contributed by atoms with Crippen LogP contribution in [0.5, 0.6) is 0 Å². The smallest absolute Gasteiger partial charge is 0.253 e. The molecule has 1 aromatic carbocycles. The molecule has 2 aromatic rings. The Balaban J connectivity index is 1.42. The average molecular weight is 444 g/mol. The Labute approximate surface area is 188 Å². The third kappa shape index (κ3) is 5.13. The van der Waals surface area contributed by atoms with Crippen LogP contribution in [0.4, 0.5) is 0 Å². The zero-order chi connectivity index (χ0) is 21.8. The lowest BCUT2D eigenvalue weighted by molar-refractivity contribution is -0.139. The van der Waals surface area contributed by atoms with E-state index in [0.717, 1.165) is 18.6 Å². The normalized spacial score (nSPS) is 18.8. The van der Waals surface area contributed by atoms with Gasteiger partial charge < -0.3 is 14.2 Å². The van der Waals surface area contributed by atoms with E-state index in [0.29, 0.717) is 49.2 Å². The third-order valence-corrected chi connectivity index (χ3v) is 6.75. The van der Waals surface area contributed by atoms with Crippen molar-refractivity contribution in [3.8, 4) is 0 Å². The van der Waals surface area contributed by atoms with Gasteiger partial charge in [-0.1, -0.05) is 30.5 Å². The van der Waals surface area contributed by atoms with Crippen LogP contribution in [0.25, 0.3) is 0 Å². The molecule has 2 heterocycles. The summed E-state index contributed by atoms with van der Waals surface area (Å²) >= 11 is 6.05. The second-order valence-electron chi connectivity index (χ2n) is 8.60. The number of rotatable bonds is 6. The molecule has 0 radical (unpaired) electrons. The van der Waals surface area contributed by atoms with Gasteiger partial charge in [-0.25, -0.2) is 0 Å². The quantitative estimate of drug-likeness (QED) is 0.679. The molecule has 7 heteroatoms. The molecule has 1 aliphatic carbocycles. The van der Waals surface area contributed by atoms with Crippen LogP contribution in [0.3, 0.4) is 0 Å². The molecule has 1 saturated heterocycles. The molecule has 2 fully saturated rings. The van der Waals surface area contributed by atoms with Gasteiger partial charge in [0, 0.05) is 43.8 Å². The molecular weight excluding hydrogens is 414 g/mol. The molecule has 6 nitrogen and oxygen atoms in total. The van der Waals surface area contributed by atoms with Crippen molar-refractivity contribution in [2.75, 3.05) is 33.2 Å². The number of piperazine rings is 1. The zero-order valence-electron chi connectivity index (χ0n) is 18.0. The SMILES string of the molecule is CN(Cc1ccco1)C(=O)C(C1CCCC1)N1CCN(C(=O)c2cccc(Cl)c2)CC1. The number of nitrogens with zero attached hydrogens (tertiary/aromatic N) is 3.